The van der Waals surface area contributed by atoms with Gasteiger partial charge in [0.2, 0.25) is 5.91 Å². The third-order valence-electron chi connectivity index (χ3n) is 6.90. The molecule has 0 bridgehead atoms. The normalized spacial score (nSPS) is 21.2. The van der Waals surface area contributed by atoms with Crippen molar-refractivity contribution >= 4 is 5.91 Å². The Balaban J connectivity index is 1.72. The van der Waals surface area contributed by atoms with Gasteiger partial charge in [0.25, 0.3) is 0 Å². The smallest absolute Gasteiger partial charge is 0.248 e. The molecule has 2 fully saturated rings. The van der Waals surface area contributed by atoms with Crippen LogP contribution in [0.2, 0.25) is 0 Å². The number of amides is 1. The van der Waals surface area contributed by atoms with E-state index in [4.69, 9.17) is 0 Å². The van der Waals surface area contributed by atoms with Gasteiger partial charge in [-0.05, 0) is 70.1 Å². The number of aliphatic hydroxyl groups is 2. The standard InChI is InChI=1S/C24H43NO3/c1-19(2)24(28)25(17-9-15-22(26)20-11-5-3-6-12-20)18-10-16-23(27)21-13-7-4-8-14-21/h20-23,26-27H,1,3-18H2,2H3. The summed E-state index contributed by atoms with van der Waals surface area (Å²) in [6.45, 7) is 6.94. The fraction of sp³-hybridized carbons (Fsp3) is 0.875. The maximum absolute atomic E-state index is 12.5. The van der Waals surface area contributed by atoms with Crippen molar-refractivity contribution in [2.45, 2.75) is 109 Å². The summed E-state index contributed by atoms with van der Waals surface area (Å²) in [5.41, 5.74) is 0.570. The van der Waals surface area contributed by atoms with E-state index in [9.17, 15) is 15.0 Å². The largest absolute Gasteiger partial charge is 0.393 e. The molecule has 2 atom stereocenters. The molecule has 0 aromatic rings. The summed E-state index contributed by atoms with van der Waals surface area (Å²) in [6.07, 6.45) is 14.9. The molecule has 0 heterocycles. The molecule has 0 aliphatic heterocycles. The van der Waals surface area contributed by atoms with Gasteiger partial charge in [-0.3, -0.25) is 4.79 Å². The van der Waals surface area contributed by atoms with Crippen molar-refractivity contribution in [1.29, 1.82) is 0 Å². The number of carbonyl (C=O) groups excluding carboxylic acids is 1. The first kappa shape index (κ1) is 23.4. The molecular formula is C24H43NO3. The highest BCUT2D eigenvalue weighted by Crippen LogP contribution is 2.29. The molecule has 1 amide bonds. The highest BCUT2D eigenvalue weighted by Gasteiger charge is 2.24. The molecule has 162 valence electrons. The molecule has 4 nitrogen and oxygen atoms in total. The number of hydrogen-bond donors (Lipinski definition) is 2. The second-order valence-corrected chi connectivity index (χ2v) is 9.29. The van der Waals surface area contributed by atoms with Crippen molar-refractivity contribution in [1.82, 2.24) is 4.90 Å². The van der Waals surface area contributed by atoms with Crippen LogP contribution < -0.4 is 0 Å². The van der Waals surface area contributed by atoms with Crippen LogP contribution in [-0.2, 0) is 4.79 Å². The minimum absolute atomic E-state index is 0.0133. The van der Waals surface area contributed by atoms with Gasteiger partial charge in [0.05, 0.1) is 12.2 Å². The number of nitrogens with zero attached hydrogens (tertiary/aromatic N) is 1. The van der Waals surface area contributed by atoms with Crippen molar-refractivity contribution < 1.29 is 15.0 Å². The van der Waals surface area contributed by atoms with Gasteiger partial charge in [-0.1, -0.05) is 45.1 Å². The average Bonchev–Trinajstić information content (AvgIpc) is 2.73. The third kappa shape index (κ3) is 7.87. The Morgan fingerprint density at radius 2 is 1.25 bits per heavy atom. The number of aliphatic hydroxyl groups excluding tert-OH is 2. The van der Waals surface area contributed by atoms with Gasteiger partial charge < -0.3 is 15.1 Å². The molecule has 2 rings (SSSR count). The predicted molar refractivity (Wildman–Crippen MR) is 115 cm³/mol. The van der Waals surface area contributed by atoms with Crippen molar-refractivity contribution in [3.8, 4) is 0 Å². The summed E-state index contributed by atoms with van der Waals surface area (Å²) in [7, 11) is 0. The van der Waals surface area contributed by atoms with E-state index in [1.165, 1.54) is 38.5 Å². The minimum atomic E-state index is -0.227. The molecule has 2 aliphatic carbocycles. The first-order chi connectivity index (χ1) is 13.5. The van der Waals surface area contributed by atoms with Gasteiger partial charge in [-0.25, -0.2) is 0 Å². The van der Waals surface area contributed by atoms with Crippen LogP contribution in [0.5, 0.6) is 0 Å². The van der Waals surface area contributed by atoms with E-state index in [-0.39, 0.29) is 18.1 Å². The molecule has 4 heteroatoms. The first-order valence-corrected chi connectivity index (χ1v) is 11.8. The van der Waals surface area contributed by atoms with E-state index in [1.807, 2.05) is 4.90 Å². The lowest BCUT2D eigenvalue weighted by molar-refractivity contribution is -0.127. The molecule has 0 spiro atoms. The van der Waals surface area contributed by atoms with E-state index in [1.54, 1.807) is 6.92 Å². The van der Waals surface area contributed by atoms with Crippen LogP contribution in [-0.4, -0.2) is 46.3 Å². The Hall–Kier alpha value is -0.870. The molecule has 0 aromatic heterocycles. The second kappa shape index (κ2) is 12.6. The molecule has 0 saturated heterocycles. The Morgan fingerprint density at radius 3 is 1.61 bits per heavy atom. The maximum atomic E-state index is 12.5. The lowest BCUT2D eigenvalue weighted by atomic mass is 9.83. The van der Waals surface area contributed by atoms with Crippen molar-refractivity contribution in [3.63, 3.8) is 0 Å². The van der Waals surface area contributed by atoms with E-state index in [0.29, 0.717) is 30.5 Å². The summed E-state index contributed by atoms with van der Waals surface area (Å²) < 4.78 is 0. The van der Waals surface area contributed by atoms with Gasteiger partial charge in [-0.15, -0.1) is 0 Å². The maximum Gasteiger partial charge on any atom is 0.248 e. The third-order valence-corrected chi connectivity index (χ3v) is 6.90. The molecule has 0 aromatic carbocycles. The fourth-order valence-electron chi connectivity index (χ4n) is 5.08. The lowest BCUT2D eigenvalue weighted by Crippen LogP contribution is -2.35. The molecule has 28 heavy (non-hydrogen) atoms. The van der Waals surface area contributed by atoms with Crippen molar-refractivity contribution in [3.05, 3.63) is 12.2 Å². The zero-order valence-electron chi connectivity index (χ0n) is 18.1. The van der Waals surface area contributed by atoms with Crippen LogP contribution in [0.15, 0.2) is 12.2 Å². The SMILES string of the molecule is C=C(C)C(=O)N(CCCC(O)C1CCCCC1)CCCC(O)C1CCCCC1. The van der Waals surface area contributed by atoms with Gasteiger partial charge in [0.15, 0.2) is 0 Å². The number of rotatable bonds is 11. The molecular weight excluding hydrogens is 350 g/mol. The summed E-state index contributed by atoms with van der Waals surface area (Å²) in [5.74, 6) is 0.911. The van der Waals surface area contributed by atoms with E-state index < -0.39 is 0 Å². The van der Waals surface area contributed by atoms with Gasteiger partial charge in [0.1, 0.15) is 0 Å². The van der Waals surface area contributed by atoms with Crippen LogP contribution in [0.25, 0.3) is 0 Å². The first-order valence-electron chi connectivity index (χ1n) is 11.8. The Bertz CT molecular complexity index is 436. The molecule has 2 unspecified atom stereocenters. The van der Waals surface area contributed by atoms with Crippen molar-refractivity contribution in [2.24, 2.45) is 11.8 Å². The fourth-order valence-corrected chi connectivity index (χ4v) is 5.08. The van der Waals surface area contributed by atoms with Gasteiger partial charge in [-0.2, -0.15) is 0 Å². The summed E-state index contributed by atoms with van der Waals surface area (Å²) in [6, 6.07) is 0. The second-order valence-electron chi connectivity index (χ2n) is 9.29. The highest BCUT2D eigenvalue weighted by atomic mass is 16.3. The van der Waals surface area contributed by atoms with Crippen LogP contribution in [0.3, 0.4) is 0 Å². The van der Waals surface area contributed by atoms with Gasteiger partial charge in [0, 0.05) is 18.7 Å². The van der Waals surface area contributed by atoms with E-state index in [0.717, 1.165) is 51.4 Å². The van der Waals surface area contributed by atoms with Crippen molar-refractivity contribution in [2.75, 3.05) is 13.1 Å². The zero-order valence-corrected chi connectivity index (χ0v) is 18.1. The molecule has 0 radical (unpaired) electrons. The molecule has 2 N–H and O–H groups in total. The van der Waals surface area contributed by atoms with Gasteiger partial charge >= 0.3 is 0 Å². The monoisotopic (exact) mass is 393 g/mol. The van der Waals surface area contributed by atoms with Crippen LogP contribution in [0.4, 0.5) is 0 Å². The molecule has 2 saturated carbocycles. The van der Waals surface area contributed by atoms with Crippen LogP contribution in [0, 0.1) is 11.8 Å². The Kier molecular flexibility index (Phi) is 10.6. The number of hydrogen-bond acceptors (Lipinski definition) is 3. The Labute approximate surface area is 172 Å². The average molecular weight is 394 g/mol. The topological polar surface area (TPSA) is 60.8 Å². The van der Waals surface area contributed by atoms with E-state index >= 15 is 0 Å². The van der Waals surface area contributed by atoms with E-state index in [2.05, 4.69) is 6.58 Å². The predicted octanol–water partition coefficient (Wildman–Crippen LogP) is 4.83. The Morgan fingerprint density at radius 1 is 0.857 bits per heavy atom. The molecule has 2 aliphatic rings. The highest BCUT2D eigenvalue weighted by molar-refractivity contribution is 5.92. The zero-order chi connectivity index (χ0) is 20.4. The lowest BCUT2D eigenvalue weighted by Gasteiger charge is -2.29. The summed E-state index contributed by atoms with van der Waals surface area (Å²) >= 11 is 0. The summed E-state index contributed by atoms with van der Waals surface area (Å²) in [5, 5.41) is 20.9. The van der Waals surface area contributed by atoms with Crippen LogP contribution in [0.1, 0.15) is 96.8 Å². The quantitative estimate of drug-likeness (QED) is 0.494. The number of carbonyl (C=O) groups is 1. The minimum Gasteiger partial charge on any atom is -0.393 e. The van der Waals surface area contributed by atoms with Crippen LogP contribution >= 0.6 is 0 Å². The summed E-state index contributed by atoms with van der Waals surface area (Å²) in [4.78, 5) is 14.4.